The summed E-state index contributed by atoms with van der Waals surface area (Å²) >= 11 is 0. The van der Waals surface area contributed by atoms with E-state index in [-0.39, 0.29) is 18.6 Å². The molecule has 2 atom stereocenters. The molecular formula is C26H39FN10O. The van der Waals surface area contributed by atoms with Gasteiger partial charge in [-0.1, -0.05) is 19.9 Å². The lowest BCUT2D eigenvalue weighted by Gasteiger charge is -2.22. The van der Waals surface area contributed by atoms with Gasteiger partial charge in [0, 0.05) is 24.8 Å². The number of anilines is 3. The molecule has 0 saturated carbocycles. The number of fused-ring (bicyclic) bond motifs is 1. The van der Waals surface area contributed by atoms with Crippen molar-refractivity contribution in [1.82, 2.24) is 34.6 Å². The van der Waals surface area contributed by atoms with E-state index in [1.54, 1.807) is 11.2 Å². The van der Waals surface area contributed by atoms with Gasteiger partial charge >= 0.3 is 0 Å². The van der Waals surface area contributed by atoms with E-state index in [0.717, 1.165) is 49.7 Å². The number of nitrogens with two attached hydrogens (primary N) is 1. The van der Waals surface area contributed by atoms with Crippen molar-refractivity contribution in [2.75, 3.05) is 29.9 Å². The molecule has 12 heteroatoms. The quantitative estimate of drug-likeness (QED) is 0.257. The van der Waals surface area contributed by atoms with Gasteiger partial charge in [-0.3, -0.25) is 9.48 Å². The number of carbonyl (C=O) groups excluding carboxylic acids is 1. The molecule has 206 valence electrons. The molecule has 0 aromatic carbocycles. The van der Waals surface area contributed by atoms with Crippen molar-refractivity contribution in [3.05, 3.63) is 30.9 Å². The second-order valence-corrected chi connectivity index (χ2v) is 10.7. The van der Waals surface area contributed by atoms with Crippen LogP contribution in [0, 0.1) is 0 Å². The van der Waals surface area contributed by atoms with E-state index in [9.17, 15) is 9.18 Å². The third kappa shape index (κ3) is 5.95. The zero-order valence-corrected chi connectivity index (χ0v) is 22.7. The number of aryl methyl sites for hydroxylation is 2. The summed E-state index contributed by atoms with van der Waals surface area (Å²) < 4.78 is 18.8. The standard InChI is InChI=1S/C26H39FN10O/c1-6-18-20(15-36(34-18)12-10-8-9-11-28)31-23-22-24(37(16-29-22)26(3,4)5)33-25(32-23)35-13-17(27)19(14-35)30-21(38)7-2/h7,15-17,19H,2,6,8-14,28H2,1,3-5H3,(H,30,38)(H,31,32,33)/t17-,19-/m1/s1. The number of nitrogens with zero attached hydrogens (tertiary/aromatic N) is 7. The van der Waals surface area contributed by atoms with Gasteiger partial charge in [0.05, 0.1) is 30.3 Å². The van der Waals surface area contributed by atoms with Crippen LogP contribution in [0.25, 0.3) is 11.2 Å². The van der Waals surface area contributed by atoms with E-state index in [4.69, 9.17) is 20.8 Å². The van der Waals surface area contributed by atoms with Crippen LogP contribution in [-0.2, 0) is 23.3 Å². The van der Waals surface area contributed by atoms with Crippen LogP contribution < -0.4 is 21.3 Å². The third-order valence-electron chi connectivity index (χ3n) is 6.67. The second-order valence-electron chi connectivity index (χ2n) is 10.7. The Balaban J connectivity index is 1.69. The maximum Gasteiger partial charge on any atom is 0.243 e. The van der Waals surface area contributed by atoms with Crippen LogP contribution >= 0.6 is 0 Å². The van der Waals surface area contributed by atoms with Gasteiger partial charge in [-0.15, -0.1) is 0 Å². The number of hydrogen-bond donors (Lipinski definition) is 3. The fraction of sp³-hybridized carbons (Fsp3) is 0.577. The van der Waals surface area contributed by atoms with Crippen LogP contribution in [0.5, 0.6) is 0 Å². The fourth-order valence-electron chi connectivity index (χ4n) is 4.58. The Labute approximate surface area is 222 Å². The maximum atomic E-state index is 14.8. The van der Waals surface area contributed by atoms with Crippen molar-refractivity contribution in [3.8, 4) is 0 Å². The molecule has 0 bridgehead atoms. The van der Waals surface area contributed by atoms with Crippen LogP contribution in [-0.4, -0.2) is 67.1 Å². The minimum Gasteiger partial charge on any atom is -0.345 e. The van der Waals surface area contributed by atoms with Crippen molar-refractivity contribution >= 4 is 34.5 Å². The number of aromatic nitrogens is 6. The minimum atomic E-state index is -1.26. The molecule has 1 saturated heterocycles. The van der Waals surface area contributed by atoms with Crippen LogP contribution in [0.2, 0.25) is 0 Å². The highest BCUT2D eigenvalue weighted by Crippen LogP contribution is 2.31. The first-order chi connectivity index (χ1) is 18.1. The molecule has 0 radical (unpaired) electrons. The van der Waals surface area contributed by atoms with Crippen LogP contribution in [0.1, 0.15) is 52.7 Å². The number of nitrogens with one attached hydrogen (secondary N) is 2. The summed E-state index contributed by atoms with van der Waals surface area (Å²) in [5.41, 5.74) is 8.37. The van der Waals surface area contributed by atoms with Crippen molar-refractivity contribution < 1.29 is 9.18 Å². The Morgan fingerprint density at radius 3 is 2.74 bits per heavy atom. The van der Waals surface area contributed by atoms with E-state index in [0.29, 0.717) is 29.5 Å². The first-order valence-corrected chi connectivity index (χ1v) is 13.3. The average molecular weight is 527 g/mol. The van der Waals surface area contributed by atoms with Gasteiger partial charge < -0.3 is 25.8 Å². The van der Waals surface area contributed by atoms with Gasteiger partial charge in [-0.2, -0.15) is 15.1 Å². The SMILES string of the molecule is C=CC(=O)N[C@@H]1CN(c2nc(Nc3cn(CCCCCN)nc3CC)c3ncn(C(C)(C)C)c3n2)C[C@H]1F. The Bertz CT molecular complexity index is 1280. The molecule has 0 spiro atoms. The highest BCUT2D eigenvalue weighted by Gasteiger charge is 2.36. The van der Waals surface area contributed by atoms with E-state index in [1.807, 2.05) is 15.4 Å². The Morgan fingerprint density at radius 1 is 1.26 bits per heavy atom. The number of rotatable bonds is 11. The van der Waals surface area contributed by atoms with E-state index in [1.165, 1.54) is 0 Å². The molecule has 1 amide bonds. The van der Waals surface area contributed by atoms with Crippen LogP contribution in [0.15, 0.2) is 25.2 Å². The number of alkyl halides is 1. The lowest BCUT2D eigenvalue weighted by molar-refractivity contribution is -0.117. The third-order valence-corrected chi connectivity index (χ3v) is 6.67. The molecule has 3 aromatic rings. The van der Waals surface area contributed by atoms with Gasteiger partial charge in [0.25, 0.3) is 0 Å². The number of amides is 1. The normalized spacial score (nSPS) is 17.8. The minimum absolute atomic E-state index is 0.0671. The number of imidazole rings is 1. The summed E-state index contributed by atoms with van der Waals surface area (Å²) in [5.74, 6) is 0.492. The first-order valence-electron chi connectivity index (χ1n) is 13.3. The zero-order chi connectivity index (χ0) is 27.4. The smallest absolute Gasteiger partial charge is 0.243 e. The Kier molecular flexibility index (Phi) is 8.29. The van der Waals surface area contributed by atoms with Gasteiger partial charge in [0.1, 0.15) is 6.17 Å². The van der Waals surface area contributed by atoms with Crippen molar-refractivity contribution in [3.63, 3.8) is 0 Å². The summed E-state index contributed by atoms with van der Waals surface area (Å²) in [6.45, 7) is 13.5. The highest BCUT2D eigenvalue weighted by molar-refractivity contribution is 5.88. The molecular weight excluding hydrogens is 487 g/mol. The predicted octanol–water partition coefficient (Wildman–Crippen LogP) is 3.04. The molecule has 1 aliphatic heterocycles. The summed E-state index contributed by atoms with van der Waals surface area (Å²) in [7, 11) is 0. The molecule has 0 aliphatic carbocycles. The van der Waals surface area contributed by atoms with Crippen molar-refractivity contribution in [2.24, 2.45) is 5.73 Å². The molecule has 4 heterocycles. The van der Waals surface area contributed by atoms with Gasteiger partial charge in [-0.25, -0.2) is 9.37 Å². The molecule has 11 nitrogen and oxygen atoms in total. The van der Waals surface area contributed by atoms with E-state index in [2.05, 4.69) is 49.9 Å². The number of halogens is 1. The first kappa shape index (κ1) is 27.5. The molecule has 1 aliphatic rings. The summed E-state index contributed by atoms with van der Waals surface area (Å²) in [6.07, 6.45) is 7.44. The second kappa shape index (κ2) is 11.5. The lowest BCUT2D eigenvalue weighted by Crippen LogP contribution is -2.40. The molecule has 4 rings (SSSR count). The maximum absolute atomic E-state index is 14.8. The van der Waals surface area contributed by atoms with Crippen LogP contribution in [0.3, 0.4) is 0 Å². The van der Waals surface area contributed by atoms with E-state index < -0.39 is 18.1 Å². The lowest BCUT2D eigenvalue weighted by atomic mass is 10.1. The molecule has 4 N–H and O–H groups in total. The largest absolute Gasteiger partial charge is 0.345 e. The highest BCUT2D eigenvalue weighted by atomic mass is 19.1. The van der Waals surface area contributed by atoms with Crippen molar-refractivity contribution in [1.29, 1.82) is 0 Å². The van der Waals surface area contributed by atoms with Gasteiger partial charge in [0.2, 0.25) is 11.9 Å². The number of carbonyl (C=O) groups is 1. The van der Waals surface area contributed by atoms with Gasteiger partial charge in [0.15, 0.2) is 17.0 Å². The Hall–Kier alpha value is -3.54. The average Bonchev–Trinajstić information content (AvgIpc) is 3.58. The molecule has 3 aromatic heterocycles. The molecule has 0 unspecified atom stereocenters. The number of unbranched alkanes of at least 4 members (excludes halogenated alkanes) is 2. The summed E-state index contributed by atoms with van der Waals surface area (Å²) in [4.78, 5) is 27.8. The predicted molar refractivity (Wildman–Crippen MR) is 147 cm³/mol. The zero-order valence-electron chi connectivity index (χ0n) is 22.7. The topological polar surface area (TPSA) is 132 Å². The molecule has 38 heavy (non-hydrogen) atoms. The van der Waals surface area contributed by atoms with Crippen LogP contribution in [0.4, 0.5) is 21.8 Å². The summed E-state index contributed by atoms with van der Waals surface area (Å²) in [5, 5.41) is 10.9. The monoisotopic (exact) mass is 526 g/mol. The summed E-state index contributed by atoms with van der Waals surface area (Å²) in [6, 6.07) is -0.673. The number of hydrogen-bond acceptors (Lipinski definition) is 8. The van der Waals surface area contributed by atoms with Crippen molar-refractivity contribution in [2.45, 2.75) is 77.7 Å². The van der Waals surface area contributed by atoms with E-state index >= 15 is 0 Å². The fourth-order valence-corrected chi connectivity index (χ4v) is 4.58. The Morgan fingerprint density at radius 2 is 2.05 bits per heavy atom. The van der Waals surface area contributed by atoms with Gasteiger partial charge in [-0.05, 0) is 52.7 Å². The molecule has 1 fully saturated rings.